The molecule has 2 aromatic rings. The van der Waals surface area contributed by atoms with Gasteiger partial charge in [-0.3, -0.25) is 9.59 Å². The number of nitrogens with one attached hydrogen (secondary N) is 2. The number of amides is 2. The van der Waals surface area contributed by atoms with E-state index in [4.69, 9.17) is 0 Å². The number of hydrogen-bond donors (Lipinski definition) is 2. The number of aromatic nitrogens is 2. The van der Waals surface area contributed by atoms with Crippen LogP contribution in [0.15, 0.2) is 18.2 Å². The summed E-state index contributed by atoms with van der Waals surface area (Å²) in [7, 11) is 0. The molecule has 1 saturated carbocycles. The number of anilines is 1. The third-order valence-electron chi connectivity index (χ3n) is 4.22. The molecule has 24 heavy (non-hydrogen) atoms. The quantitative estimate of drug-likeness (QED) is 0.870. The van der Waals surface area contributed by atoms with Crippen LogP contribution < -0.4 is 10.6 Å². The van der Waals surface area contributed by atoms with Crippen LogP contribution in [0.5, 0.6) is 0 Å². The smallest absolute Gasteiger partial charge is 0.232 e. The molecule has 6 nitrogen and oxygen atoms in total. The monoisotopic (exact) mass is 346 g/mol. The highest BCUT2D eigenvalue weighted by Crippen LogP contribution is 2.41. The minimum atomic E-state index is -0.660. The van der Waals surface area contributed by atoms with Crippen LogP contribution in [0, 0.1) is 5.82 Å². The highest BCUT2D eigenvalue weighted by atomic mass is 32.1. The highest BCUT2D eigenvalue weighted by molar-refractivity contribution is 7.11. The molecule has 1 unspecified atom stereocenters. The minimum absolute atomic E-state index is 0.0173. The third kappa shape index (κ3) is 2.89. The Morgan fingerprint density at radius 1 is 1.38 bits per heavy atom. The van der Waals surface area contributed by atoms with Crippen LogP contribution in [-0.2, 0) is 16.1 Å². The first-order chi connectivity index (χ1) is 11.6. The average molecular weight is 346 g/mol. The van der Waals surface area contributed by atoms with Crippen molar-refractivity contribution in [1.29, 1.82) is 0 Å². The number of para-hydroxylation sites is 1. The number of rotatable bonds is 5. The lowest BCUT2D eigenvalue weighted by Gasteiger charge is -2.08. The summed E-state index contributed by atoms with van der Waals surface area (Å²) in [4.78, 5) is 24.1. The second-order valence-electron chi connectivity index (χ2n) is 6.04. The molecule has 0 bridgehead atoms. The SMILES string of the molecule is O=C(CC1C(=O)Nc2c(F)cccc21)NCc1nnc(C2CC2)s1. The fourth-order valence-electron chi connectivity index (χ4n) is 2.78. The molecule has 1 aromatic heterocycles. The normalized spacial score (nSPS) is 19.0. The molecular formula is C16H15FN4O2S. The molecule has 0 saturated heterocycles. The predicted molar refractivity (Wildman–Crippen MR) is 86.1 cm³/mol. The molecule has 0 spiro atoms. The fraction of sp³-hybridized carbons (Fsp3) is 0.375. The Morgan fingerprint density at radius 2 is 2.21 bits per heavy atom. The number of fused-ring (bicyclic) bond motifs is 1. The Morgan fingerprint density at radius 3 is 3.00 bits per heavy atom. The average Bonchev–Trinajstić information content (AvgIpc) is 3.22. The number of halogens is 1. The molecule has 1 fully saturated rings. The maximum absolute atomic E-state index is 13.7. The Hall–Kier alpha value is -2.35. The van der Waals surface area contributed by atoms with E-state index in [2.05, 4.69) is 20.8 Å². The Labute approximate surface area is 141 Å². The summed E-state index contributed by atoms with van der Waals surface area (Å²) in [6, 6.07) is 4.50. The van der Waals surface area contributed by atoms with E-state index >= 15 is 0 Å². The molecule has 2 aliphatic rings. The van der Waals surface area contributed by atoms with Gasteiger partial charge in [0.05, 0.1) is 18.2 Å². The number of hydrogen-bond acceptors (Lipinski definition) is 5. The molecule has 2 amide bonds. The van der Waals surface area contributed by atoms with Gasteiger partial charge < -0.3 is 10.6 Å². The van der Waals surface area contributed by atoms with Crippen LogP contribution in [0.2, 0.25) is 0 Å². The third-order valence-corrected chi connectivity index (χ3v) is 5.31. The van der Waals surface area contributed by atoms with Gasteiger partial charge in [0.2, 0.25) is 11.8 Å². The zero-order chi connectivity index (χ0) is 16.7. The van der Waals surface area contributed by atoms with Gasteiger partial charge in [0, 0.05) is 12.3 Å². The van der Waals surface area contributed by atoms with Gasteiger partial charge in [-0.2, -0.15) is 0 Å². The molecule has 1 aliphatic heterocycles. The summed E-state index contributed by atoms with van der Waals surface area (Å²) in [6.45, 7) is 0.299. The lowest BCUT2D eigenvalue weighted by molar-refractivity contribution is -0.125. The number of carbonyl (C=O) groups is 2. The van der Waals surface area contributed by atoms with Gasteiger partial charge in [0.1, 0.15) is 15.8 Å². The van der Waals surface area contributed by atoms with Gasteiger partial charge in [0.25, 0.3) is 0 Å². The first kappa shape index (κ1) is 15.2. The minimum Gasteiger partial charge on any atom is -0.349 e. The predicted octanol–water partition coefficient (Wildman–Crippen LogP) is 2.30. The molecule has 1 aromatic carbocycles. The van der Waals surface area contributed by atoms with Crippen molar-refractivity contribution < 1.29 is 14.0 Å². The summed E-state index contributed by atoms with van der Waals surface area (Å²) in [5.74, 6) is -1.22. The topological polar surface area (TPSA) is 84.0 Å². The molecule has 124 valence electrons. The van der Waals surface area contributed by atoms with Crippen LogP contribution >= 0.6 is 11.3 Å². The lowest BCUT2D eigenvalue weighted by Crippen LogP contribution is -2.26. The van der Waals surface area contributed by atoms with E-state index in [9.17, 15) is 14.0 Å². The molecular weight excluding hydrogens is 331 g/mol. The van der Waals surface area contributed by atoms with Gasteiger partial charge in [-0.05, 0) is 24.5 Å². The van der Waals surface area contributed by atoms with E-state index in [1.165, 1.54) is 17.4 Å². The van der Waals surface area contributed by atoms with Crippen LogP contribution in [0.3, 0.4) is 0 Å². The summed E-state index contributed by atoms with van der Waals surface area (Å²) < 4.78 is 13.7. The van der Waals surface area contributed by atoms with E-state index in [1.807, 2.05) is 0 Å². The lowest BCUT2D eigenvalue weighted by atomic mass is 9.97. The Balaban J connectivity index is 1.37. The van der Waals surface area contributed by atoms with Crippen LogP contribution in [-0.4, -0.2) is 22.0 Å². The Kier molecular flexibility index (Phi) is 3.76. The largest absolute Gasteiger partial charge is 0.349 e. The second-order valence-corrected chi connectivity index (χ2v) is 7.13. The van der Waals surface area contributed by atoms with Crippen molar-refractivity contribution in [2.24, 2.45) is 0 Å². The first-order valence-corrected chi connectivity index (χ1v) is 8.61. The first-order valence-electron chi connectivity index (χ1n) is 7.80. The van der Waals surface area contributed by atoms with Crippen LogP contribution in [0.4, 0.5) is 10.1 Å². The van der Waals surface area contributed by atoms with E-state index in [0.29, 0.717) is 18.0 Å². The molecule has 2 heterocycles. The molecule has 0 radical (unpaired) electrons. The van der Waals surface area contributed by atoms with Gasteiger partial charge >= 0.3 is 0 Å². The second kappa shape index (κ2) is 5.94. The van der Waals surface area contributed by atoms with Gasteiger partial charge in [-0.15, -0.1) is 10.2 Å². The van der Waals surface area contributed by atoms with Crippen molar-refractivity contribution in [3.8, 4) is 0 Å². The van der Waals surface area contributed by atoms with Crippen molar-refractivity contribution in [2.75, 3.05) is 5.32 Å². The fourth-order valence-corrected chi connectivity index (χ4v) is 3.73. The van der Waals surface area contributed by atoms with Gasteiger partial charge in [0.15, 0.2) is 0 Å². The summed E-state index contributed by atoms with van der Waals surface area (Å²) in [5.41, 5.74) is 0.709. The van der Waals surface area contributed by atoms with E-state index in [1.54, 1.807) is 12.1 Å². The van der Waals surface area contributed by atoms with Gasteiger partial charge in [-0.1, -0.05) is 23.5 Å². The van der Waals surface area contributed by atoms with Crippen molar-refractivity contribution in [1.82, 2.24) is 15.5 Å². The van der Waals surface area contributed by atoms with Crippen LogP contribution in [0.25, 0.3) is 0 Å². The standard InChI is InChI=1S/C16H15FN4O2S/c17-11-3-1-2-9-10(15(23)19-14(9)11)6-12(22)18-7-13-20-21-16(24-13)8-4-5-8/h1-3,8,10H,4-7H2,(H,18,22)(H,19,23). The Bertz CT molecular complexity index is 818. The van der Waals surface area contributed by atoms with Crippen molar-refractivity contribution >= 4 is 28.8 Å². The van der Waals surface area contributed by atoms with Gasteiger partial charge in [-0.25, -0.2) is 4.39 Å². The van der Waals surface area contributed by atoms with Crippen molar-refractivity contribution in [3.05, 3.63) is 39.6 Å². The van der Waals surface area contributed by atoms with Crippen molar-refractivity contribution in [2.45, 2.75) is 37.6 Å². The molecule has 1 atom stereocenters. The number of benzene rings is 1. The van der Waals surface area contributed by atoms with E-state index in [0.717, 1.165) is 22.9 Å². The number of carbonyl (C=O) groups excluding carboxylic acids is 2. The van der Waals surface area contributed by atoms with E-state index < -0.39 is 11.7 Å². The highest BCUT2D eigenvalue weighted by Gasteiger charge is 2.34. The summed E-state index contributed by atoms with van der Waals surface area (Å²) >= 11 is 1.51. The summed E-state index contributed by atoms with van der Waals surface area (Å²) in [6.07, 6.45) is 2.30. The number of nitrogens with zero attached hydrogens (tertiary/aromatic N) is 2. The maximum Gasteiger partial charge on any atom is 0.232 e. The molecule has 4 rings (SSSR count). The summed E-state index contributed by atoms with van der Waals surface area (Å²) in [5, 5.41) is 15.2. The van der Waals surface area contributed by atoms with Crippen LogP contribution in [0.1, 0.15) is 46.7 Å². The molecule has 2 N–H and O–H groups in total. The zero-order valence-electron chi connectivity index (χ0n) is 12.7. The van der Waals surface area contributed by atoms with Crippen molar-refractivity contribution in [3.63, 3.8) is 0 Å². The van der Waals surface area contributed by atoms with E-state index in [-0.39, 0.29) is 23.9 Å². The molecule has 1 aliphatic carbocycles. The molecule has 8 heteroatoms. The maximum atomic E-state index is 13.7. The zero-order valence-corrected chi connectivity index (χ0v) is 13.5.